The molecule has 158 valence electrons. The monoisotopic (exact) mass is 418 g/mol. The molecule has 2 saturated carbocycles. The lowest BCUT2D eigenvalue weighted by molar-refractivity contribution is -0.147. The van der Waals surface area contributed by atoms with E-state index >= 15 is 0 Å². The van der Waals surface area contributed by atoms with Crippen LogP contribution < -0.4 is 10.6 Å². The maximum absolute atomic E-state index is 13.0. The van der Waals surface area contributed by atoms with Crippen LogP contribution in [0.3, 0.4) is 0 Å². The zero-order valence-corrected chi connectivity index (χ0v) is 17.8. The fourth-order valence-corrected chi connectivity index (χ4v) is 6.12. The van der Waals surface area contributed by atoms with E-state index in [-0.39, 0.29) is 17.9 Å². The molecule has 0 bridgehead atoms. The highest BCUT2D eigenvalue weighted by Gasteiger charge is 2.37. The highest BCUT2D eigenvalue weighted by molar-refractivity contribution is 7.17. The molecule has 3 N–H and O–H groups in total. The van der Waals surface area contributed by atoms with Crippen molar-refractivity contribution in [1.82, 2.24) is 5.32 Å². The van der Waals surface area contributed by atoms with Gasteiger partial charge in [0.25, 0.3) is 5.91 Å². The van der Waals surface area contributed by atoms with Gasteiger partial charge in [-0.25, -0.2) is 0 Å². The van der Waals surface area contributed by atoms with E-state index in [2.05, 4.69) is 17.6 Å². The number of carbonyl (C=O) groups is 3. The number of carboxylic acids is 1. The molecule has 1 aromatic heterocycles. The summed E-state index contributed by atoms with van der Waals surface area (Å²) >= 11 is 1.52. The van der Waals surface area contributed by atoms with Crippen LogP contribution in [0.15, 0.2) is 0 Å². The Labute approximate surface area is 175 Å². The first kappa shape index (κ1) is 20.4. The number of rotatable bonds is 6. The predicted molar refractivity (Wildman–Crippen MR) is 112 cm³/mol. The lowest BCUT2D eigenvalue weighted by Crippen LogP contribution is -2.36. The molecule has 0 saturated heterocycles. The minimum Gasteiger partial charge on any atom is -0.481 e. The van der Waals surface area contributed by atoms with Gasteiger partial charge in [0.15, 0.2) is 0 Å². The first-order valence-electron chi connectivity index (χ1n) is 11.0. The van der Waals surface area contributed by atoms with Crippen LogP contribution in [-0.4, -0.2) is 28.9 Å². The van der Waals surface area contributed by atoms with Crippen LogP contribution in [-0.2, 0) is 22.4 Å². The molecule has 3 aliphatic carbocycles. The number of aliphatic carboxylic acids is 1. The highest BCUT2D eigenvalue weighted by Crippen LogP contribution is 2.41. The molecule has 1 heterocycles. The van der Waals surface area contributed by atoms with Crippen molar-refractivity contribution in [2.75, 3.05) is 5.32 Å². The van der Waals surface area contributed by atoms with Gasteiger partial charge >= 0.3 is 5.97 Å². The van der Waals surface area contributed by atoms with E-state index in [1.807, 2.05) is 0 Å². The maximum Gasteiger partial charge on any atom is 0.307 e. The van der Waals surface area contributed by atoms with E-state index < -0.39 is 17.8 Å². The van der Waals surface area contributed by atoms with Gasteiger partial charge < -0.3 is 15.7 Å². The number of anilines is 1. The smallest absolute Gasteiger partial charge is 0.307 e. The third-order valence-electron chi connectivity index (χ3n) is 6.74. The number of thiophene rings is 1. The zero-order valence-electron chi connectivity index (χ0n) is 17.0. The van der Waals surface area contributed by atoms with Crippen molar-refractivity contribution in [2.45, 2.75) is 77.2 Å². The molecule has 3 atom stereocenters. The van der Waals surface area contributed by atoms with E-state index in [0.29, 0.717) is 29.3 Å². The average molecular weight is 419 g/mol. The zero-order chi connectivity index (χ0) is 20.5. The molecule has 4 rings (SSSR count). The Morgan fingerprint density at radius 2 is 1.79 bits per heavy atom. The number of carbonyl (C=O) groups excluding carboxylic acids is 2. The van der Waals surface area contributed by atoms with Crippen molar-refractivity contribution in [1.29, 1.82) is 0 Å². The largest absolute Gasteiger partial charge is 0.481 e. The Hall–Kier alpha value is -1.89. The summed E-state index contributed by atoms with van der Waals surface area (Å²) in [6.45, 7) is 2.20. The quantitative estimate of drug-likeness (QED) is 0.651. The molecule has 29 heavy (non-hydrogen) atoms. The molecule has 3 aliphatic rings. The number of hydrogen-bond acceptors (Lipinski definition) is 4. The molecule has 0 aliphatic heterocycles. The molecule has 3 unspecified atom stereocenters. The summed E-state index contributed by atoms with van der Waals surface area (Å²) in [5.41, 5.74) is 1.72. The molecule has 0 aromatic carbocycles. The Morgan fingerprint density at radius 3 is 2.45 bits per heavy atom. The minimum absolute atomic E-state index is 0.0892. The van der Waals surface area contributed by atoms with E-state index in [0.717, 1.165) is 56.9 Å². The Balaban J connectivity index is 1.60. The fourth-order valence-electron chi connectivity index (χ4n) is 4.76. The van der Waals surface area contributed by atoms with Crippen LogP contribution in [0.2, 0.25) is 0 Å². The number of hydrogen-bond donors (Lipinski definition) is 3. The molecule has 2 fully saturated rings. The molecule has 7 heteroatoms. The number of nitrogens with one attached hydrogen (secondary N) is 2. The molecular weight excluding hydrogens is 388 g/mol. The van der Waals surface area contributed by atoms with Crippen LogP contribution >= 0.6 is 11.3 Å². The second-order valence-corrected chi connectivity index (χ2v) is 9.90. The molecule has 2 amide bonds. The summed E-state index contributed by atoms with van der Waals surface area (Å²) in [6.07, 6.45) is 8.90. The van der Waals surface area contributed by atoms with Crippen LogP contribution in [0.4, 0.5) is 5.00 Å². The normalized spacial score (nSPS) is 26.4. The van der Waals surface area contributed by atoms with Gasteiger partial charge in [-0.2, -0.15) is 0 Å². The van der Waals surface area contributed by atoms with Crippen molar-refractivity contribution < 1.29 is 19.5 Å². The van der Waals surface area contributed by atoms with Gasteiger partial charge in [-0.15, -0.1) is 11.3 Å². The van der Waals surface area contributed by atoms with Crippen LogP contribution in [0.25, 0.3) is 0 Å². The van der Waals surface area contributed by atoms with Crippen molar-refractivity contribution in [3.8, 4) is 0 Å². The second kappa shape index (κ2) is 8.46. The van der Waals surface area contributed by atoms with E-state index in [4.69, 9.17) is 0 Å². The molecule has 6 nitrogen and oxygen atoms in total. The minimum atomic E-state index is -0.896. The standard InChI is InChI=1S/C22H30N2O4S/c1-2-12-7-10-16-17(11-12)29-21(18(16)20(26)23-13-8-9-13)24-19(25)14-5-3-4-6-15(14)22(27)28/h12-15H,2-11H2,1H3,(H,23,26)(H,24,25)(H,27,28). The molecule has 0 radical (unpaired) electrons. The van der Waals surface area contributed by atoms with Gasteiger partial charge in [0.05, 0.1) is 17.4 Å². The van der Waals surface area contributed by atoms with E-state index in [1.54, 1.807) is 0 Å². The van der Waals surface area contributed by atoms with Gasteiger partial charge in [-0.3, -0.25) is 14.4 Å². The summed E-state index contributed by atoms with van der Waals surface area (Å²) in [6, 6.07) is 0.253. The molecule has 1 aromatic rings. The van der Waals surface area contributed by atoms with Gasteiger partial charge in [0, 0.05) is 10.9 Å². The number of carboxylic acid groups (broad SMARTS) is 1. The predicted octanol–water partition coefficient (Wildman–Crippen LogP) is 3.98. The van der Waals surface area contributed by atoms with E-state index in [9.17, 15) is 19.5 Å². The fraction of sp³-hybridized carbons (Fsp3) is 0.682. The summed E-state index contributed by atoms with van der Waals surface area (Å²) in [5.74, 6) is -1.77. The SMILES string of the molecule is CCC1CCc2c(sc(NC(=O)C3CCCCC3C(=O)O)c2C(=O)NC2CC2)C1. The first-order valence-corrected chi connectivity index (χ1v) is 11.8. The van der Waals surface area contributed by atoms with Crippen molar-refractivity contribution in [2.24, 2.45) is 17.8 Å². The molecule has 0 spiro atoms. The van der Waals surface area contributed by atoms with Gasteiger partial charge in [-0.1, -0.05) is 26.2 Å². The van der Waals surface area contributed by atoms with Crippen molar-refractivity contribution in [3.63, 3.8) is 0 Å². The highest BCUT2D eigenvalue weighted by atomic mass is 32.1. The summed E-state index contributed by atoms with van der Waals surface area (Å²) in [5, 5.41) is 16.2. The topological polar surface area (TPSA) is 95.5 Å². The van der Waals surface area contributed by atoms with Gasteiger partial charge in [0.1, 0.15) is 5.00 Å². The number of amides is 2. The second-order valence-electron chi connectivity index (χ2n) is 8.80. The van der Waals surface area contributed by atoms with E-state index in [1.165, 1.54) is 16.2 Å². The summed E-state index contributed by atoms with van der Waals surface area (Å²) < 4.78 is 0. The molecular formula is C22H30N2O4S. The number of fused-ring (bicyclic) bond motifs is 1. The Bertz CT molecular complexity index is 814. The lowest BCUT2D eigenvalue weighted by atomic mass is 9.78. The van der Waals surface area contributed by atoms with Crippen LogP contribution in [0, 0.1) is 17.8 Å². The lowest BCUT2D eigenvalue weighted by Gasteiger charge is -2.27. The van der Waals surface area contributed by atoms with Crippen LogP contribution in [0.1, 0.15) is 79.1 Å². The van der Waals surface area contributed by atoms with Gasteiger partial charge in [-0.05, 0) is 56.4 Å². The third-order valence-corrected chi connectivity index (χ3v) is 7.91. The van der Waals surface area contributed by atoms with Gasteiger partial charge in [0.2, 0.25) is 5.91 Å². The first-order chi connectivity index (χ1) is 14.0. The third kappa shape index (κ3) is 4.34. The van der Waals surface area contributed by atoms with Crippen LogP contribution in [0.5, 0.6) is 0 Å². The Morgan fingerprint density at radius 1 is 1.07 bits per heavy atom. The maximum atomic E-state index is 13.0. The average Bonchev–Trinajstić information content (AvgIpc) is 3.45. The van der Waals surface area contributed by atoms with Crippen molar-refractivity contribution in [3.05, 3.63) is 16.0 Å². The summed E-state index contributed by atoms with van der Waals surface area (Å²) in [4.78, 5) is 38.8. The summed E-state index contributed by atoms with van der Waals surface area (Å²) in [7, 11) is 0. The van der Waals surface area contributed by atoms with Crippen molar-refractivity contribution >= 4 is 34.1 Å². The Kier molecular flexibility index (Phi) is 5.95.